The standard InChI is InChI=1S/C68H46N5S/c1-73-67(48-29-12-5-13-30-48)71-66(58-36-18-14-31-50(58)45-23-6-2-7-24-45)72-68(73)49-41-42-54(60(43-49)53-34-16-15-32-51(53)56-38-22-39-57-55-35-20-21-40-63(55)74-64(56)57)52-33-17-19-37-59(52)65-69-61(46-25-8-3-9-26-46)44-62(70-65)47-27-10-4-11-28-47/h2-44H,1H3/q+1. The van der Waals surface area contributed by atoms with Crippen LogP contribution in [0.15, 0.2) is 261 Å². The van der Waals surface area contributed by atoms with Gasteiger partial charge in [-0.25, -0.2) is 14.5 Å². The molecule has 0 spiro atoms. The number of aromatic nitrogens is 5. The lowest BCUT2D eigenvalue weighted by atomic mass is 9.86. The summed E-state index contributed by atoms with van der Waals surface area (Å²) in [6.07, 6.45) is 0. The quantitative estimate of drug-likeness (QED) is 0.128. The normalized spacial score (nSPS) is 11.3. The minimum absolute atomic E-state index is 0.647. The van der Waals surface area contributed by atoms with E-state index in [0.717, 1.165) is 95.4 Å². The molecule has 0 bridgehead atoms. The highest BCUT2D eigenvalue weighted by atomic mass is 32.1. The monoisotopic (exact) mass is 964 g/mol. The van der Waals surface area contributed by atoms with Gasteiger partial charge in [0.25, 0.3) is 11.6 Å². The SMILES string of the molecule is C[n+]1c(-c2ccccc2)nc(-c2ccccc2-c2ccccc2)nc1-c1ccc(-c2ccccc2-c2nc(-c3ccccc3)cc(-c3ccccc3)n2)c(-c2ccccc2-c2cccc3c2sc2ccccc23)c1. The summed E-state index contributed by atoms with van der Waals surface area (Å²) in [6, 6.07) is 91.9. The summed E-state index contributed by atoms with van der Waals surface area (Å²) in [5, 5.41) is 2.53. The highest BCUT2D eigenvalue weighted by molar-refractivity contribution is 7.26. The number of rotatable bonds is 10. The van der Waals surface area contributed by atoms with Crippen LogP contribution in [0.1, 0.15) is 0 Å². The number of hydrogen-bond acceptors (Lipinski definition) is 5. The molecule has 13 rings (SSSR count). The van der Waals surface area contributed by atoms with Crippen LogP contribution in [0.2, 0.25) is 0 Å². The Balaban J connectivity index is 1.07. The van der Waals surface area contributed by atoms with Crippen LogP contribution in [-0.4, -0.2) is 19.9 Å². The van der Waals surface area contributed by atoms with E-state index in [1.54, 1.807) is 0 Å². The van der Waals surface area contributed by atoms with Gasteiger partial charge in [-0.15, -0.1) is 11.3 Å². The van der Waals surface area contributed by atoms with Gasteiger partial charge in [0, 0.05) is 42.4 Å². The molecule has 0 N–H and O–H groups in total. The fourth-order valence-corrected chi connectivity index (χ4v) is 11.5. The van der Waals surface area contributed by atoms with Crippen molar-refractivity contribution in [3.8, 4) is 113 Å². The van der Waals surface area contributed by atoms with E-state index in [-0.39, 0.29) is 0 Å². The predicted octanol–water partition coefficient (Wildman–Crippen LogP) is 17.1. The van der Waals surface area contributed by atoms with E-state index in [1.807, 2.05) is 35.6 Å². The number of thiophene rings is 1. The van der Waals surface area contributed by atoms with Gasteiger partial charge in [-0.3, -0.25) is 0 Å². The number of hydrogen-bond donors (Lipinski definition) is 0. The molecule has 0 saturated heterocycles. The van der Waals surface area contributed by atoms with Crippen LogP contribution in [0, 0.1) is 0 Å². The fourth-order valence-electron chi connectivity index (χ4n) is 10.3. The van der Waals surface area contributed by atoms with Crippen LogP contribution in [0.5, 0.6) is 0 Å². The second-order valence-corrected chi connectivity index (χ2v) is 19.4. The third-order valence-electron chi connectivity index (χ3n) is 13.9. The highest BCUT2D eigenvalue weighted by Crippen LogP contribution is 2.47. The van der Waals surface area contributed by atoms with Crippen LogP contribution in [-0.2, 0) is 7.05 Å². The molecule has 0 unspecified atom stereocenters. The minimum Gasteiger partial charge on any atom is -0.229 e. The molecule has 3 aromatic heterocycles. The van der Waals surface area contributed by atoms with Crippen molar-refractivity contribution >= 4 is 31.5 Å². The predicted molar refractivity (Wildman–Crippen MR) is 306 cm³/mol. The Morgan fingerprint density at radius 2 is 0.703 bits per heavy atom. The summed E-state index contributed by atoms with van der Waals surface area (Å²) in [6.45, 7) is 0. The fraction of sp³-hybridized carbons (Fsp3) is 0.0147. The first-order valence-electron chi connectivity index (χ1n) is 24.9. The zero-order valence-corrected chi connectivity index (χ0v) is 41.3. The summed E-state index contributed by atoms with van der Waals surface area (Å²) < 4.78 is 4.66. The molecule has 0 aliphatic carbocycles. The average Bonchev–Trinajstić information content (AvgIpc) is 3.87. The van der Waals surface area contributed by atoms with Crippen molar-refractivity contribution in [2.45, 2.75) is 0 Å². The van der Waals surface area contributed by atoms with E-state index in [9.17, 15) is 0 Å². The number of fused-ring (bicyclic) bond motifs is 3. The van der Waals surface area contributed by atoms with E-state index in [1.165, 1.54) is 25.7 Å². The van der Waals surface area contributed by atoms with Gasteiger partial charge in [0.15, 0.2) is 5.82 Å². The van der Waals surface area contributed by atoms with Crippen LogP contribution in [0.4, 0.5) is 0 Å². The van der Waals surface area contributed by atoms with Crippen LogP contribution < -0.4 is 4.57 Å². The van der Waals surface area contributed by atoms with Gasteiger partial charge >= 0.3 is 5.82 Å². The third-order valence-corrected chi connectivity index (χ3v) is 15.1. The molecule has 348 valence electrons. The van der Waals surface area contributed by atoms with E-state index < -0.39 is 0 Å². The molecule has 74 heavy (non-hydrogen) atoms. The summed E-state index contributed by atoms with van der Waals surface area (Å²) >= 11 is 1.85. The van der Waals surface area contributed by atoms with Gasteiger partial charge in [-0.2, -0.15) is 0 Å². The summed E-state index contributed by atoms with van der Waals surface area (Å²) in [5.41, 5.74) is 16.3. The Kier molecular flexibility index (Phi) is 11.6. The first-order valence-corrected chi connectivity index (χ1v) is 25.7. The maximum absolute atomic E-state index is 5.54. The molecule has 0 aliphatic rings. The summed E-state index contributed by atoms with van der Waals surface area (Å²) in [4.78, 5) is 21.6. The number of benzene rings is 10. The van der Waals surface area contributed by atoms with Crippen LogP contribution in [0.3, 0.4) is 0 Å². The smallest absolute Gasteiger partial charge is 0.229 e. The maximum Gasteiger partial charge on any atom is 0.309 e. The van der Waals surface area contributed by atoms with Gasteiger partial charge in [0.1, 0.15) is 0 Å². The van der Waals surface area contributed by atoms with Gasteiger partial charge < -0.3 is 0 Å². The van der Waals surface area contributed by atoms with Crippen molar-refractivity contribution in [1.29, 1.82) is 0 Å². The van der Waals surface area contributed by atoms with Gasteiger partial charge in [0.05, 0.1) is 35.1 Å². The Morgan fingerprint density at radius 1 is 0.284 bits per heavy atom. The molecule has 0 radical (unpaired) electrons. The molecule has 5 nitrogen and oxygen atoms in total. The Morgan fingerprint density at radius 3 is 1.32 bits per heavy atom. The first kappa shape index (κ1) is 44.5. The van der Waals surface area contributed by atoms with Gasteiger partial charge in [0.2, 0.25) is 0 Å². The second kappa shape index (κ2) is 19.3. The summed E-state index contributed by atoms with van der Waals surface area (Å²) in [7, 11) is 2.07. The van der Waals surface area contributed by atoms with E-state index >= 15 is 0 Å². The molecular weight excluding hydrogens is 919 g/mol. The van der Waals surface area contributed by atoms with Crippen molar-refractivity contribution in [3.63, 3.8) is 0 Å². The molecule has 0 saturated carbocycles. The van der Waals surface area contributed by atoms with Crippen molar-refractivity contribution < 1.29 is 4.57 Å². The molecule has 6 heteroatoms. The largest absolute Gasteiger partial charge is 0.309 e. The first-order chi connectivity index (χ1) is 36.6. The molecule has 0 atom stereocenters. The topological polar surface area (TPSA) is 55.4 Å². The lowest BCUT2D eigenvalue weighted by Gasteiger charge is -2.19. The van der Waals surface area contributed by atoms with Crippen molar-refractivity contribution in [1.82, 2.24) is 19.9 Å². The molecule has 0 fully saturated rings. The zero-order valence-electron chi connectivity index (χ0n) is 40.5. The van der Waals surface area contributed by atoms with E-state index in [0.29, 0.717) is 11.6 Å². The van der Waals surface area contributed by atoms with E-state index in [4.69, 9.17) is 19.9 Å². The second-order valence-electron chi connectivity index (χ2n) is 18.4. The third kappa shape index (κ3) is 8.23. The molecule has 0 amide bonds. The molecule has 0 aliphatic heterocycles. The molecule has 10 aromatic carbocycles. The molecule has 13 aromatic rings. The lowest BCUT2D eigenvalue weighted by Crippen LogP contribution is -2.37. The Hall–Kier alpha value is -9.49. The van der Waals surface area contributed by atoms with Crippen molar-refractivity contribution in [2.24, 2.45) is 7.05 Å². The van der Waals surface area contributed by atoms with Crippen molar-refractivity contribution in [3.05, 3.63) is 261 Å². The molecule has 3 heterocycles. The maximum atomic E-state index is 5.54. The van der Waals surface area contributed by atoms with Gasteiger partial charge in [-0.05, 0) is 81.4 Å². The van der Waals surface area contributed by atoms with Crippen LogP contribution in [0.25, 0.3) is 133 Å². The van der Waals surface area contributed by atoms with Crippen molar-refractivity contribution in [2.75, 3.05) is 0 Å². The summed E-state index contributed by atoms with van der Waals surface area (Å²) in [5.74, 6) is 2.89. The van der Waals surface area contributed by atoms with E-state index in [2.05, 4.69) is 248 Å². The zero-order chi connectivity index (χ0) is 49.4. The number of nitrogens with zero attached hydrogens (tertiary/aromatic N) is 5. The molecular formula is C68H46N5S+. The van der Waals surface area contributed by atoms with Crippen LogP contribution >= 0.6 is 11.3 Å². The Labute approximate surface area is 434 Å². The lowest BCUT2D eigenvalue weighted by molar-refractivity contribution is -0.654. The van der Waals surface area contributed by atoms with Gasteiger partial charge in [-0.1, -0.05) is 228 Å². The Bertz CT molecular complexity index is 4130. The highest BCUT2D eigenvalue weighted by Gasteiger charge is 2.27. The average molecular weight is 965 g/mol. The minimum atomic E-state index is 0.647.